The van der Waals surface area contributed by atoms with Crippen molar-refractivity contribution in [2.75, 3.05) is 5.32 Å². The molecular formula is C25H22N4O5S. The van der Waals surface area contributed by atoms with Crippen LogP contribution in [0.1, 0.15) is 21.6 Å². The van der Waals surface area contributed by atoms with E-state index in [1.54, 1.807) is 18.2 Å². The third kappa shape index (κ3) is 5.62. The number of rotatable bonds is 7. The maximum atomic E-state index is 12.8. The molecule has 0 fully saturated rings. The number of nitrogens with one attached hydrogen (secondary N) is 2. The molecule has 0 bridgehead atoms. The highest BCUT2D eigenvalue weighted by Crippen LogP contribution is 2.18. The first kappa shape index (κ1) is 23.9. The van der Waals surface area contributed by atoms with E-state index in [1.165, 1.54) is 24.3 Å². The number of carbonyl (C=O) groups is 1. The minimum absolute atomic E-state index is 0.0281. The van der Waals surface area contributed by atoms with Crippen molar-refractivity contribution in [1.82, 2.24) is 14.5 Å². The third-order valence-electron chi connectivity index (χ3n) is 5.10. The van der Waals surface area contributed by atoms with Gasteiger partial charge >= 0.3 is 0 Å². The molecule has 0 unspecified atom stereocenters. The van der Waals surface area contributed by atoms with Crippen molar-refractivity contribution in [3.63, 3.8) is 0 Å². The van der Waals surface area contributed by atoms with Crippen molar-refractivity contribution in [3.8, 4) is 11.4 Å². The maximum Gasteiger partial charge on any atom is 0.279 e. The van der Waals surface area contributed by atoms with Gasteiger partial charge < -0.3 is 10.4 Å². The summed E-state index contributed by atoms with van der Waals surface area (Å²) in [6.07, 6.45) is 0. The highest BCUT2D eigenvalue weighted by molar-refractivity contribution is 7.89. The van der Waals surface area contributed by atoms with Gasteiger partial charge in [0.05, 0.1) is 10.6 Å². The van der Waals surface area contributed by atoms with Gasteiger partial charge in [0.15, 0.2) is 11.4 Å². The summed E-state index contributed by atoms with van der Waals surface area (Å²) >= 11 is 0. The predicted molar refractivity (Wildman–Crippen MR) is 131 cm³/mol. The van der Waals surface area contributed by atoms with Crippen LogP contribution < -0.4 is 15.6 Å². The molecule has 0 radical (unpaired) electrons. The average molecular weight is 491 g/mol. The van der Waals surface area contributed by atoms with Crippen LogP contribution in [0.4, 0.5) is 5.69 Å². The Morgan fingerprint density at radius 1 is 0.971 bits per heavy atom. The smallest absolute Gasteiger partial charge is 0.279 e. The average Bonchev–Trinajstić information content (AvgIpc) is 2.84. The summed E-state index contributed by atoms with van der Waals surface area (Å²) in [5, 5.41) is 16.7. The lowest BCUT2D eigenvalue weighted by Crippen LogP contribution is -2.25. The van der Waals surface area contributed by atoms with Crippen molar-refractivity contribution in [2.24, 2.45) is 0 Å². The predicted octanol–water partition coefficient (Wildman–Crippen LogP) is 2.98. The molecule has 4 aromatic rings. The monoisotopic (exact) mass is 490 g/mol. The van der Waals surface area contributed by atoms with Gasteiger partial charge in [0.1, 0.15) is 0 Å². The Bertz CT molecular complexity index is 1530. The van der Waals surface area contributed by atoms with Gasteiger partial charge in [-0.1, -0.05) is 42.5 Å². The molecule has 0 saturated carbocycles. The maximum absolute atomic E-state index is 12.8. The first-order valence-electron chi connectivity index (χ1n) is 10.6. The normalized spacial score (nSPS) is 11.2. The van der Waals surface area contributed by atoms with E-state index in [4.69, 9.17) is 0 Å². The number of amides is 1. The van der Waals surface area contributed by atoms with Gasteiger partial charge in [0, 0.05) is 18.3 Å². The van der Waals surface area contributed by atoms with E-state index < -0.39 is 27.2 Å². The fraction of sp³-hybridized carbons (Fsp3) is 0.0800. The lowest BCUT2D eigenvalue weighted by Gasteiger charge is -2.11. The molecule has 0 atom stereocenters. The number of aromatic hydroxyl groups is 1. The number of nitrogens with zero attached hydrogens (tertiary/aromatic N) is 2. The molecule has 0 saturated heterocycles. The number of sulfonamides is 1. The first-order valence-corrected chi connectivity index (χ1v) is 12.1. The summed E-state index contributed by atoms with van der Waals surface area (Å²) in [7, 11) is -3.76. The van der Waals surface area contributed by atoms with Crippen LogP contribution in [-0.2, 0) is 16.6 Å². The largest absolute Gasteiger partial charge is 0.505 e. The molecule has 3 N–H and O–H groups in total. The molecule has 3 aromatic carbocycles. The van der Waals surface area contributed by atoms with Crippen LogP contribution in [0, 0.1) is 6.92 Å². The van der Waals surface area contributed by atoms with Crippen LogP contribution >= 0.6 is 0 Å². The summed E-state index contributed by atoms with van der Waals surface area (Å²) < 4.78 is 28.7. The standard InChI is InChI=1S/C25H22N4O5S/c1-17-6-5-9-20(14-17)29-23(31)15-22(30)24(28-29)25(32)27-19-10-12-21(13-11-19)35(33,34)26-16-18-7-3-2-4-8-18/h2-15,26,30H,16H2,1H3,(H,27,32). The topological polar surface area (TPSA) is 130 Å². The number of anilines is 1. The van der Waals surface area contributed by atoms with E-state index in [1.807, 2.05) is 43.3 Å². The molecule has 1 amide bonds. The molecule has 0 aliphatic rings. The van der Waals surface area contributed by atoms with Crippen molar-refractivity contribution >= 4 is 21.6 Å². The molecule has 1 aromatic heterocycles. The quantitative estimate of drug-likeness (QED) is 0.365. The number of aromatic nitrogens is 2. The van der Waals surface area contributed by atoms with Crippen LogP contribution in [0.3, 0.4) is 0 Å². The Morgan fingerprint density at radius 2 is 1.69 bits per heavy atom. The van der Waals surface area contributed by atoms with Gasteiger partial charge in [0.25, 0.3) is 11.5 Å². The Balaban J connectivity index is 1.50. The van der Waals surface area contributed by atoms with Gasteiger partial charge in [-0.25, -0.2) is 13.1 Å². The van der Waals surface area contributed by atoms with Crippen molar-refractivity contribution in [2.45, 2.75) is 18.4 Å². The third-order valence-corrected chi connectivity index (χ3v) is 6.52. The number of benzene rings is 3. The van der Waals surface area contributed by atoms with E-state index in [2.05, 4.69) is 15.1 Å². The molecule has 0 spiro atoms. The minimum atomic E-state index is -3.76. The number of aryl methyl sites for hydroxylation is 1. The summed E-state index contributed by atoms with van der Waals surface area (Å²) in [6.45, 7) is 1.99. The Kier molecular flexibility index (Phi) is 6.76. The fourth-order valence-electron chi connectivity index (χ4n) is 3.32. The second-order valence-electron chi connectivity index (χ2n) is 7.76. The number of hydrogen-bond acceptors (Lipinski definition) is 6. The fourth-order valence-corrected chi connectivity index (χ4v) is 4.34. The summed E-state index contributed by atoms with van der Waals surface area (Å²) in [4.78, 5) is 25.1. The van der Waals surface area contributed by atoms with Gasteiger partial charge in [0.2, 0.25) is 10.0 Å². The summed E-state index contributed by atoms with van der Waals surface area (Å²) in [5.74, 6) is -1.33. The van der Waals surface area contributed by atoms with Gasteiger partial charge in [-0.3, -0.25) is 9.59 Å². The van der Waals surface area contributed by atoms with E-state index in [-0.39, 0.29) is 22.8 Å². The highest BCUT2D eigenvalue weighted by atomic mass is 32.2. The summed E-state index contributed by atoms with van der Waals surface area (Å²) in [5.41, 5.74) is 1.49. The van der Waals surface area contributed by atoms with Crippen molar-refractivity contribution in [3.05, 3.63) is 112 Å². The van der Waals surface area contributed by atoms with Gasteiger partial charge in [-0.05, 0) is 54.4 Å². The van der Waals surface area contributed by atoms with Crippen LogP contribution in [0.15, 0.2) is 94.6 Å². The Hall–Kier alpha value is -4.28. The van der Waals surface area contributed by atoms with Crippen LogP contribution in [0.25, 0.3) is 5.69 Å². The Labute approximate surface area is 201 Å². The molecule has 0 aliphatic heterocycles. The van der Waals surface area contributed by atoms with Crippen LogP contribution in [-0.4, -0.2) is 29.2 Å². The van der Waals surface area contributed by atoms with E-state index >= 15 is 0 Å². The number of hydrogen-bond donors (Lipinski definition) is 3. The van der Waals surface area contributed by atoms with Crippen LogP contribution in [0.2, 0.25) is 0 Å². The molecule has 10 heteroatoms. The van der Waals surface area contributed by atoms with E-state index in [0.717, 1.165) is 21.9 Å². The van der Waals surface area contributed by atoms with Gasteiger partial charge in [-0.2, -0.15) is 9.78 Å². The molecule has 4 rings (SSSR count). The second kappa shape index (κ2) is 9.92. The Morgan fingerprint density at radius 3 is 2.37 bits per heavy atom. The zero-order chi connectivity index (χ0) is 25.0. The molecule has 0 aliphatic carbocycles. The van der Waals surface area contributed by atoms with Gasteiger partial charge in [-0.15, -0.1) is 0 Å². The number of carbonyl (C=O) groups excluding carboxylic acids is 1. The van der Waals surface area contributed by atoms with E-state index in [0.29, 0.717) is 5.69 Å². The summed E-state index contributed by atoms with van der Waals surface area (Å²) in [6, 6.07) is 22.5. The van der Waals surface area contributed by atoms with E-state index in [9.17, 15) is 23.1 Å². The van der Waals surface area contributed by atoms with Crippen LogP contribution in [0.5, 0.6) is 5.75 Å². The SMILES string of the molecule is Cc1cccc(-n2nc(C(=O)Nc3ccc(S(=O)(=O)NCc4ccccc4)cc3)c(O)cc2=O)c1. The molecule has 178 valence electrons. The molecular weight excluding hydrogens is 468 g/mol. The second-order valence-corrected chi connectivity index (χ2v) is 9.52. The molecule has 9 nitrogen and oxygen atoms in total. The molecule has 35 heavy (non-hydrogen) atoms. The molecule has 1 heterocycles. The lowest BCUT2D eigenvalue weighted by molar-refractivity contribution is 0.101. The van der Waals surface area contributed by atoms with Crippen molar-refractivity contribution < 1.29 is 18.3 Å². The minimum Gasteiger partial charge on any atom is -0.505 e. The lowest BCUT2D eigenvalue weighted by atomic mass is 10.2. The zero-order valence-corrected chi connectivity index (χ0v) is 19.5. The zero-order valence-electron chi connectivity index (χ0n) is 18.7. The highest BCUT2D eigenvalue weighted by Gasteiger charge is 2.18. The first-order chi connectivity index (χ1) is 16.7. The van der Waals surface area contributed by atoms with Crippen molar-refractivity contribution in [1.29, 1.82) is 0 Å².